The van der Waals surface area contributed by atoms with Crippen molar-refractivity contribution >= 4 is 10.8 Å². The number of hydrogen-bond donors (Lipinski definition) is 0. The first-order valence-corrected chi connectivity index (χ1v) is 20.9. The first-order chi connectivity index (χ1) is 30.4. The summed E-state index contributed by atoms with van der Waals surface area (Å²) in [5, 5.41) is 2.35. The minimum Gasteiger partial charge on any atom is -0.208 e. The highest BCUT2D eigenvalue weighted by Gasteiger charge is 2.17. The Morgan fingerprint density at radius 3 is 0.968 bits per heavy atom. The van der Waals surface area contributed by atoms with E-state index in [1.54, 1.807) is 0 Å². The topological polar surface area (TPSA) is 77.3 Å². The van der Waals surface area contributed by atoms with Crippen LogP contribution in [0, 0.1) is 27.7 Å². The highest BCUT2D eigenvalue weighted by Crippen LogP contribution is 2.35. The molecule has 0 N–H and O–H groups in total. The monoisotopic (exact) mass is 798 g/mol. The summed E-state index contributed by atoms with van der Waals surface area (Å²) in [4.78, 5) is 30.0. The quantitative estimate of drug-likeness (QED) is 0.152. The summed E-state index contributed by atoms with van der Waals surface area (Å²) in [5.41, 5.74) is 14.8. The van der Waals surface area contributed by atoms with Gasteiger partial charge in [0, 0.05) is 33.4 Å². The van der Waals surface area contributed by atoms with E-state index in [1.807, 2.05) is 48.5 Å². The Bertz CT molecular complexity index is 3150. The van der Waals surface area contributed by atoms with Crippen LogP contribution in [0.2, 0.25) is 0 Å². The van der Waals surface area contributed by atoms with Crippen LogP contribution in [0.4, 0.5) is 0 Å². The van der Waals surface area contributed by atoms with Gasteiger partial charge in [-0.15, -0.1) is 0 Å². The third kappa shape index (κ3) is 7.43. The van der Waals surface area contributed by atoms with Gasteiger partial charge in [-0.2, -0.15) is 0 Å². The Morgan fingerprint density at radius 2 is 0.565 bits per heavy atom. The van der Waals surface area contributed by atoms with Crippen molar-refractivity contribution in [3.05, 3.63) is 204 Å². The molecule has 0 amide bonds. The molecule has 0 aliphatic carbocycles. The van der Waals surface area contributed by atoms with Gasteiger partial charge in [0.25, 0.3) is 0 Å². The molecule has 0 atom stereocenters. The van der Waals surface area contributed by atoms with Crippen LogP contribution in [0.5, 0.6) is 0 Å². The first kappa shape index (κ1) is 38.3. The van der Waals surface area contributed by atoms with Crippen LogP contribution in [0.25, 0.3) is 101 Å². The Balaban J connectivity index is 0.989. The maximum Gasteiger partial charge on any atom is 0.164 e. The molecule has 10 aromatic rings. The third-order valence-electron chi connectivity index (χ3n) is 11.6. The number of rotatable bonds is 8. The Hall–Kier alpha value is -7.96. The third-order valence-corrected chi connectivity index (χ3v) is 11.6. The molecule has 6 nitrogen and oxygen atoms in total. The Labute approximate surface area is 361 Å². The molecule has 0 bridgehead atoms. The summed E-state index contributed by atoms with van der Waals surface area (Å²) < 4.78 is 0. The zero-order valence-corrected chi connectivity index (χ0v) is 35.0. The average Bonchev–Trinajstić information content (AvgIpc) is 3.31. The second-order valence-electron chi connectivity index (χ2n) is 15.8. The largest absolute Gasteiger partial charge is 0.208 e. The van der Waals surface area contributed by atoms with Gasteiger partial charge >= 0.3 is 0 Å². The molecule has 10 rings (SSSR count). The molecule has 296 valence electrons. The van der Waals surface area contributed by atoms with E-state index in [0.717, 1.165) is 77.9 Å². The molecule has 0 unspecified atom stereocenters. The molecule has 8 aromatic carbocycles. The highest BCUT2D eigenvalue weighted by atomic mass is 15.0. The van der Waals surface area contributed by atoms with E-state index in [-0.39, 0.29) is 0 Å². The van der Waals surface area contributed by atoms with Crippen molar-refractivity contribution in [1.82, 2.24) is 29.9 Å². The van der Waals surface area contributed by atoms with Crippen molar-refractivity contribution in [3.63, 3.8) is 0 Å². The minimum atomic E-state index is 0.640. The molecule has 2 aromatic heterocycles. The normalized spacial score (nSPS) is 11.2. The van der Waals surface area contributed by atoms with Crippen LogP contribution >= 0.6 is 0 Å². The molecule has 0 saturated heterocycles. The van der Waals surface area contributed by atoms with Crippen molar-refractivity contribution in [1.29, 1.82) is 0 Å². The summed E-state index contributed by atoms with van der Waals surface area (Å²) in [6, 6.07) is 63.2. The lowest BCUT2D eigenvalue weighted by Crippen LogP contribution is -2.01. The SMILES string of the molecule is Cc1ccccc1-c1nc(-c2ccc(-c3ccc4cccc(-c5ccc(-c6nc(-c7ccccc7C)nc(-c7ccccc7C)n6)cc5)c4c3)cc2)nc(-c2ccccc2C)n1. The molecule has 0 fully saturated rings. The second-order valence-corrected chi connectivity index (χ2v) is 15.8. The number of aromatic nitrogens is 6. The predicted molar refractivity (Wildman–Crippen MR) is 253 cm³/mol. The van der Waals surface area contributed by atoms with Crippen LogP contribution in [0.15, 0.2) is 182 Å². The van der Waals surface area contributed by atoms with Crippen LogP contribution in [0.1, 0.15) is 22.3 Å². The standard InChI is InChI=1S/C56H42N6/c1-35-14-5-9-19-45(35)53-57-51(58-54(61-53)46-20-10-6-15-36(46)2)42-29-24-39(25-30-42)44-33-28-40-18-13-23-49(50(40)34-44)41-26-31-43(32-27-41)52-59-55(47-21-11-7-16-37(47)3)62-56(60-52)48-22-12-8-17-38(48)4/h5-34H,1-4H3. The van der Waals surface area contributed by atoms with Gasteiger partial charge in [0.2, 0.25) is 0 Å². The van der Waals surface area contributed by atoms with Crippen LogP contribution < -0.4 is 0 Å². The molecule has 2 heterocycles. The maximum atomic E-state index is 5.02. The number of benzene rings is 8. The van der Waals surface area contributed by atoms with E-state index in [1.165, 1.54) is 10.8 Å². The van der Waals surface area contributed by atoms with Crippen molar-refractivity contribution in [3.8, 4) is 90.6 Å². The number of nitrogens with zero attached hydrogens (tertiary/aromatic N) is 6. The van der Waals surface area contributed by atoms with Crippen molar-refractivity contribution in [2.75, 3.05) is 0 Å². The summed E-state index contributed by atoms with van der Waals surface area (Å²) >= 11 is 0. The fourth-order valence-electron chi connectivity index (χ4n) is 8.10. The van der Waals surface area contributed by atoms with Crippen LogP contribution in [-0.4, -0.2) is 29.9 Å². The predicted octanol–water partition coefficient (Wildman–Crippen LogP) is 13.8. The molecular formula is C56H42N6. The Kier molecular flexibility index (Phi) is 10.0. The molecule has 0 spiro atoms. The zero-order valence-electron chi connectivity index (χ0n) is 35.0. The maximum absolute atomic E-state index is 5.02. The lowest BCUT2D eigenvalue weighted by molar-refractivity contribution is 1.07. The summed E-state index contributed by atoms with van der Waals surface area (Å²) in [6.45, 7) is 8.36. The van der Waals surface area contributed by atoms with Gasteiger partial charge in [0.1, 0.15) is 0 Å². The van der Waals surface area contributed by atoms with Crippen LogP contribution in [0.3, 0.4) is 0 Å². The molecule has 0 aliphatic rings. The van der Waals surface area contributed by atoms with Gasteiger partial charge in [-0.25, -0.2) is 29.9 Å². The zero-order chi connectivity index (χ0) is 42.2. The number of fused-ring (bicyclic) bond motifs is 1. The molecule has 0 radical (unpaired) electrons. The average molecular weight is 799 g/mol. The fraction of sp³-hybridized carbons (Fsp3) is 0.0714. The van der Waals surface area contributed by atoms with E-state index < -0.39 is 0 Å². The van der Waals surface area contributed by atoms with Crippen molar-refractivity contribution < 1.29 is 0 Å². The van der Waals surface area contributed by atoms with Gasteiger partial charge in [0.15, 0.2) is 34.9 Å². The number of aryl methyl sites for hydroxylation is 4. The lowest BCUT2D eigenvalue weighted by atomic mass is 9.94. The summed E-state index contributed by atoms with van der Waals surface area (Å²) in [5.74, 6) is 3.94. The first-order valence-electron chi connectivity index (χ1n) is 20.9. The molecule has 62 heavy (non-hydrogen) atoms. The molecule has 6 heteroatoms. The van der Waals surface area contributed by atoms with E-state index in [2.05, 4.69) is 161 Å². The molecular weight excluding hydrogens is 757 g/mol. The van der Waals surface area contributed by atoms with E-state index >= 15 is 0 Å². The van der Waals surface area contributed by atoms with Gasteiger partial charge in [-0.1, -0.05) is 176 Å². The van der Waals surface area contributed by atoms with Gasteiger partial charge in [-0.3, -0.25) is 0 Å². The van der Waals surface area contributed by atoms with E-state index in [9.17, 15) is 0 Å². The van der Waals surface area contributed by atoms with E-state index in [0.29, 0.717) is 34.9 Å². The Morgan fingerprint density at radius 1 is 0.242 bits per heavy atom. The van der Waals surface area contributed by atoms with Crippen molar-refractivity contribution in [2.45, 2.75) is 27.7 Å². The van der Waals surface area contributed by atoms with Gasteiger partial charge < -0.3 is 0 Å². The van der Waals surface area contributed by atoms with E-state index in [4.69, 9.17) is 29.9 Å². The lowest BCUT2D eigenvalue weighted by Gasteiger charge is -2.13. The second kappa shape index (κ2) is 16.2. The number of hydrogen-bond acceptors (Lipinski definition) is 6. The molecule has 0 saturated carbocycles. The minimum absolute atomic E-state index is 0.640. The summed E-state index contributed by atoms with van der Waals surface area (Å²) in [6.07, 6.45) is 0. The van der Waals surface area contributed by atoms with Gasteiger partial charge in [0.05, 0.1) is 0 Å². The molecule has 0 aliphatic heterocycles. The smallest absolute Gasteiger partial charge is 0.164 e. The summed E-state index contributed by atoms with van der Waals surface area (Å²) in [7, 11) is 0. The highest BCUT2D eigenvalue weighted by molar-refractivity contribution is 5.99. The van der Waals surface area contributed by atoms with Gasteiger partial charge in [-0.05, 0) is 89.0 Å². The van der Waals surface area contributed by atoms with Crippen molar-refractivity contribution in [2.24, 2.45) is 0 Å². The van der Waals surface area contributed by atoms with Crippen LogP contribution in [-0.2, 0) is 0 Å². The fourth-order valence-corrected chi connectivity index (χ4v) is 8.10.